The average Bonchev–Trinajstić information content (AvgIpc) is 3.52. The van der Waals surface area contributed by atoms with Gasteiger partial charge < -0.3 is 14.2 Å². The molecule has 0 bridgehead atoms. The normalized spacial score (nSPS) is 19.3. The van der Waals surface area contributed by atoms with Crippen molar-refractivity contribution in [2.75, 3.05) is 19.7 Å². The Morgan fingerprint density at radius 3 is 2.58 bits per heavy atom. The Balaban J connectivity index is 1.45. The van der Waals surface area contributed by atoms with E-state index in [9.17, 15) is 4.79 Å². The molecular formula is C24H26N6O2S. The molecule has 8 nitrogen and oxygen atoms in total. The molecule has 0 saturated carbocycles. The third kappa shape index (κ3) is 3.86. The quantitative estimate of drug-likeness (QED) is 0.690. The number of rotatable bonds is 4. The van der Waals surface area contributed by atoms with E-state index >= 15 is 0 Å². The van der Waals surface area contributed by atoms with Gasteiger partial charge in [-0.3, -0.25) is 10.2 Å². The summed E-state index contributed by atoms with van der Waals surface area (Å²) in [6, 6.07) is 9.96. The maximum Gasteiger partial charge on any atom is 0.283 e. The number of likely N-dealkylation sites (tertiary alicyclic amines) is 1. The predicted octanol–water partition coefficient (Wildman–Crippen LogP) is 4.17. The van der Waals surface area contributed by atoms with E-state index in [0.717, 1.165) is 59.5 Å². The Kier molecular flexibility index (Phi) is 5.57. The molecule has 1 saturated heterocycles. The summed E-state index contributed by atoms with van der Waals surface area (Å²) < 4.78 is 7.68. The maximum atomic E-state index is 12.8. The lowest BCUT2D eigenvalue weighted by atomic mass is 10.1. The van der Waals surface area contributed by atoms with Gasteiger partial charge in [0.25, 0.3) is 5.91 Å². The van der Waals surface area contributed by atoms with Gasteiger partial charge in [-0.15, -0.1) is 5.10 Å². The minimum atomic E-state index is -0.400. The monoisotopic (exact) mass is 462 g/mol. The summed E-state index contributed by atoms with van der Waals surface area (Å²) in [7, 11) is 0. The van der Waals surface area contributed by atoms with E-state index in [1.165, 1.54) is 16.8 Å². The van der Waals surface area contributed by atoms with Gasteiger partial charge in [-0.1, -0.05) is 0 Å². The zero-order valence-electron chi connectivity index (χ0n) is 19.0. The summed E-state index contributed by atoms with van der Waals surface area (Å²) in [6.07, 6.45) is 4.03. The number of amidine groups is 3. The molecule has 1 fully saturated rings. The van der Waals surface area contributed by atoms with Crippen LogP contribution in [0.25, 0.3) is 11.8 Å². The number of ether oxygens (including phenoxy) is 1. The Hall–Kier alpha value is -3.33. The van der Waals surface area contributed by atoms with Crippen LogP contribution in [-0.4, -0.2) is 56.3 Å². The van der Waals surface area contributed by atoms with Gasteiger partial charge >= 0.3 is 0 Å². The zero-order chi connectivity index (χ0) is 23.1. The first-order chi connectivity index (χ1) is 16.0. The smallest absolute Gasteiger partial charge is 0.283 e. The lowest BCUT2D eigenvalue weighted by Crippen LogP contribution is -2.35. The summed E-state index contributed by atoms with van der Waals surface area (Å²) in [4.78, 5) is 19.3. The molecule has 1 aromatic heterocycles. The number of thioether (sulfide) groups is 1. The number of aryl methyl sites for hydroxylation is 1. The van der Waals surface area contributed by atoms with Crippen LogP contribution in [0.1, 0.15) is 36.7 Å². The third-order valence-electron chi connectivity index (χ3n) is 6.00. The molecule has 5 rings (SSSR count). The predicted molar refractivity (Wildman–Crippen MR) is 132 cm³/mol. The number of carbonyl (C=O) groups is 1. The number of hydrogen-bond acceptors (Lipinski definition) is 6. The molecule has 9 heteroatoms. The highest BCUT2D eigenvalue weighted by molar-refractivity contribution is 8.26. The number of nitrogens with one attached hydrogen (secondary N) is 1. The Bertz CT molecular complexity index is 1220. The number of fused-ring (bicyclic) bond motifs is 1. The van der Waals surface area contributed by atoms with Gasteiger partial charge in [0.1, 0.15) is 5.75 Å². The van der Waals surface area contributed by atoms with Gasteiger partial charge in [0.2, 0.25) is 5.17 Å². The summed E-state index contributed by atoms with van der Waals surface area (Å²) in [5.74, 6) is 0.498. The number of amides is 1. The molecule has 170 valence electrons. The number of carbonyl (C=O) groups excluding carboxylic acids is 1. The van der Waals surface area contributed by atoms with E-state index in [-0.39, 0.29) is 11.4 Å². The van der Waals surface area contributed by atoms with Crippen molar-refractivity contribution in [3.8, 4) is 11.4 Å². The van der Waals surface area contributed by atoms with Crippen molar-refractivity contribution in [3.05, 3.63) is 52.9 Å². The lowest BCUT2D eigenvalue weighted by molar-refractivity contribution is -0.114. The molecule has 0 aliphatic carbocycles. The van der Waals surface area contributed by atoms with E-state index in [2.05, 4.69) is 19.6 Å². The molecule has 4 heterocycles. The molecule has 33 heavy (non-hydrogen) atoms. The van der Waals surface area contributed by atoms with Gasteiger partial charge in [0.15, 0.2) is 11.0 Å². The largest absolute Gasteiger partial charge is 0.494 e. The first kappa shape index (κ1) is 21.5. The Morgan fingerprint density at radius 1 is 1.15 bits per heavy atom. The average molecular weight is 463 g/mol. The molecule has 2 aromatic rings. The summed E-state index contributed by atoms with van der Waals surface area (Å²) in [6.45, 7) is 8.53. The summed E-state index contributed by atoms with van der Waals surface area (Å²) in [5, 5.41) is 16.0. The number of aliphatic imine (C=N–C) groups is 1. The maximum absolute atomic E-state index is 12.8. The second-order valence-corrected chi connectivity index (χ2v) is 9.12. The van der Waals surface area contributed by atoms with E-state index in [0.29, 0.717) is 11.8 Å². The minimum absolute atomic E-state index is 0.0672. The van der Waals surface area contributed by atoms with Crippen LogP contribution < -0.4 is 4.74 Å². The number of hydrogen-bond donors (Lipinski definition) is 1. The Morgan fingerprint density at radius 2 is 1.88 bits per heavy atom. The van der Waals surface area contributed by atoms with Crippen molar-refractivity contribution in [3.63, 3.8) is 0 Å². The van der Waals surface area contributed by atoms with Gasteiger partial charge in [-0.2, -0.15) is 10.0 Å². The van der Waals surface area contributed by atoms with Crippen molar-refractivity contribution in [2.45, 2.75) is 33.6 Å². The first-order valence-corrected chi connectivity index (χ1v) is 11.9. The molecule has 1 amide bonds. The van der Waals surface area contributed by atoms with E-state index < -0.39 is 5.91 Å². The fourth-order valence-electron chi connectivity index (χ4n) is 4.36. The fraction of sp³-hybridized carbons (Fsp3) is 0.333. The molecular weight excluding hydrogens is 436 g/mol. The highest BCUT2D eigenvalue weighted by Gasteiger charge is 2.37. The summed E-state index contributed by atoms with van der Waals surface area (Å²) in [5.41, 5.74) is 4.16. The van der Waals surface area contributed by atoms with Crippen molar-refractivity contribution < 1.29 is 9.53 Å². The first-order valence-electron chi connectivity index (χ1n) is 11.1. The van der Waals surface area contributed by atoms with Gasteiger partial charge in [-0.05, 0) is 87.3 Å². The van der Waals surface area contributed by atoms with Crippen molar-refractivity contribution in [1.82, 2.24) is 14.5 Å². The van der Waals surface area contributed by atoms with Gasteiger partial charge in [-0.25, -0.2) is 0 Å². The molecule has 1 N–H and O–H groups in total. The standard InChI is InChI=1S/C24H26N6O2S/c1-4-32-19-9-7-18(8-10-19)29-15(2)13-17(16(29)3)14-20-21(25)30-23(26-22(20)31)33-24(27-30)28-11-5-6-12-28/h7-10,13-14,25H,4-6,11-12H2,1-3H3/b20-14-,25-21?. The highest BCUT2D eigenvalue weighted by Crippen LogP contribution is 2.32. The second kappa shape index (κ2) is 8.55. The van der Waals surface area contributed by atoms with Crippen LogP contribution in [0.5, 0.6) is 5.75 Å². The van der Waals surface area contributed by atoms with Crippen LogP contribution in [0, 0.1) is 19.3 Å². The van der Waals surface area contributed by atoms with Crippen LogP contribution in [0.2, 0.25) is 0 Å². The molecule has 0 unspecified atom stereocenters. The number of hydrazone groups is 1. The molecule has 0 radical (unpaired) electrons. The molecule has 3 aliphatic rings. The van der Waals surface area contributed by atoms with Crippen LogP contribution >= 0.6 is 11.8 Å². The molecule has 1 aromatic carbocycles. The topological polar surface area (TPSA) is 86.3 Å². The molecule has 0 atom stereocenters. The SMILES string of the molecule is CCOc1ccc(-n2c(C)cc(/C=C3/C(=N)N4N=C(N5CCCC5)SC4=NC3=O)c2C)cc1. The van der Waals surface area contributed by atoms with E-state index in [1.807, 2.05) is 51.1 Å². The van der Waals surface area contributed by atoms with Crippen molar-refractivity contribution in [2.24, 2.45) is 10.1 Å². The Labute approximate surface area is 197 Å². The van der Waals surface area contributed by atoms with Crippen LogP contribution in [0.4, 0.5) is 0 Å². The number of benzene rings is 1. The van der Waals surface area contributed by atoms with Crippen LogP contribution in [0.3, 0.4) is 0 Å². The fourth-order valence-corrected chi connectivity index (χ4v) is 5.31. The van der Waals surface area contributed by atoms with Crippen molar-refractivity contribution >= 4 is 39.9 Å². The zero-order valence-corrected chi connectivity index (χ0v) is 19.8. The number of aromatic nitrogens is 1. The van der Waals surface area contributed by atoms with Gasteiger partial charge in [0, 0.05) is 30.2 Å². The third-order valence-corrected chi connectivity index (χ3v) is 6.97. The molecule has 0 spiro atoms. The minimum Gasteiger partial charge on any atom is -0.494 e. The van der Waals surface area contributed by atoms with Crippen molar-refractivity contribution in [1.29, 1.82) is 5.41 Å². The van der Waals surface area contributed by atoms with E-state index in [1.54, 1.807) is 6.08 Å². The highest BCUT2D eigenvalue weighted by atomic mass is 32.2. The van der Waals surface area contributed by atoms with Gasteiger partial charge in [0.05, 0.1) is 12.2 Å². The van der Waals surface area contributed by atoms with Crippen LogP contribution in [-0.2, 0) is 4.79 Å². The van der Waals surface area contributed by atoms with E-state index in [4.69, 9.17) is 10.1 Å². The lowest BCUT2D eigenvalue weighted by Gasteiger charge is -2.20. The summed E-state index contributed by atoms with van der Waals surface area (Å²) >= 11 is 1.37. The van der Waals surface area contributed by atoms with Crippen LogP contribution in [0.15, 0.2) is 46.0 Å². The second-order valence-electron chi connectivity index (χ2n) is 8.19. The number of nitrogens with zero attached hydrogens (tertiary/aromatic N) is 5. The molecule has 3 aliphatic heterocycles.